The van der Waals surface area contributed by atoms with Crippen LogP contribution in [0.4, 0.5) is 4.39 Å². The highest BCUT2D eigenvalue weighted by Crippen LogP contribution is 2.32. The second kappa shape index (κ2) is 4.20. The van der Waals surface area contributed by atoms with Crippen molar-refractivity contribution in [3.63, 3.8) is 0 Å². The van der Waals surface area contributed by atoms with Crippen molar-refractivity contribution in [2.24, 2.45) is 5.73 Å². The first kappa shape index (κ1) is 10.9. The van der Waals surface area contributed by atoms with Crippen molar-refractivity contribution in [2.45, 2.75) is 25.3 Å². The third kappa shape index (κ3) is 1.98. The fraction of sp³-hybridized carbons (Fsp3) is 0.308. The number of nitrogens with zero attached hydrogens (tertiary/aromatic N) is 1. The van der Waals surface area contributed by atoms with Gasteiger partial charge in [0.05, 0.1) is 11.7 Å². The first-order chi connectivity index (χ1) is 8.24. The van der Waals surface area contributed by atoms with Gasteiger partial charge in [0.25, 0.3) is 0 Å². The van der Waals surface area contributed by atoms with Crippen LogP contribution in [0.5, 0.6) is 0 Å². The summed E-state index contributed by atoms with van der Waals surface area (Å²) in [6.07, 6.45) is 3.41. The van der Waals surface area contributed by atoms with Crippen LogP contribution in [0.1, 0.15) is 33.6 Å². The van der Waals surface area contributed by atoms with Gasteiger partial charge in [-0.25, -0.2) is 9.37 Å². The minimum Gasteiger partial charge on any atom is -0.318 e. The van der Waals surface area contributed by atoms with Crippen molar-refractivity contribution in [3.8, 4) is 0 Å². The number of aromatic nitrogens is 1. The van der Waals surface area contributed by atoms with Gasteiger partial charge in [-0.05, 0) is 37.0 Å². The van der Waals surface area contributed by atoms with Gasteiger partial charge >= 0.3 is 0 Å². The third-order valence-corrected chi connectivity index (χ3v) is 4.35. The minimum absolute atomic E-state index is 0.230. The Bertz CT molecular complexity index is 511. The van der Waals surface area contributed by atoms with Crippen LogP contribution in [0.15, 0.2) is 24.3 Å². The number of rotatable bonds is 2. The van der Waals surface area contributed by atoms with E-state index in [0.29, 0.717) is 0 Å². The molecule has 0 radical (unpaired) electrons. The molecule has 2 N–H and O–H groups in total. The lowest BCUT2D eigenvalue weighted by atomic mass is 10.1. The van der Waals surface area contributed by atoms with Gasteiger partial charge in [0.2, 0.25) is 0 Å². The van der Waals surface area contributed by atoms with E-state index in [1.807, 2.05) is 0 Å². The Balaban J connectivity index is 1.90. The number of thiazole rings is 1. The molecule has 1 aliphatic carbocycles. The molecule has 1 aromatic heterocycles. The van der Waals surface area contributed by atoms with Gasteiger partial charge in [0.1, 0.15) is 10.8 Å². The molecule has 0 bridgehead atoms. The van der Waals surface area contributed by atoms with E-state index in [9.17, 15) is 4.39 Å². The van der Waals surface area contributed by atoms with E-state index in [-0.39, 0.29) is 11.9 Å². The Morgan fingerprint density at radius 1 is 1.24 bits per heavy atom. The predicted octanol–water partition coefficient (Wildman–Crippen LogP) is 2.82. The maximum Gasteiger partial charge on any atom is 0.123 e. The first-order valence-electron chi connectivity index (χ1n) is 5.73. The lowest BCUT2D eigenvalue weighted by Gasteiger charge is -2.08. The maximum absolute atomic E-state index is 12.8. The molecule has 2 nitrogen and oxygen atoms in total. The molecule has 0 saturated carbocycles. The highest BCUT2D eigenvalue weighted by molar-refractivity contribution is 7.11. The standard InChI is InChI=1S/C13H13FN2S/c14-9-6-4-8(5-7-9)12(15)13-16-10-2-1-3-11(10)17-13/h4-7,12H,1-3,15H2. The molecule has 2 aromatic rings. The molecule has 0 saturated heterocycles. The monoisotopic (exact) mass is 248 g/mol. The zero-order valence-electron chi connectivity index (χ0n) is 9.32. The van der Waals surface area contributed by atoms with Gasteiger partial charge in [-0.2, -0.15) is 0 Å². The lowest BCUT2D eigenvalue weighted by molar-refractivity contribution is 0.626. The van der Waals surface area contributed by atoms with Gasteiger partial charge in [0.15, 0.2) is 0 Å². The number of aryl methyl sites for hydroxylation is 2. The molecule has 0 aliphatic heterocycles. The molecule has 1 heterocycles. The van der Waals surface area contributed by atoms with Gasteiger partial charge in [0, 0.05) is 4.88 Å². The van der Waals surface area contributed by atoms with Crippen molar-refractivity contribution in [2.75, 3.05) is 0 Å². The van der Waals surface area contributed by atoms with Crippen LogP contribution in [0.25, 0.3) is 0 Å². The van der Waals surface area contributed by atoms with E-state index in [4.69, 9.17) is 5.73 Å². The molecule has 17 heavy (non-hydrogen) atoms. The summed E-state index contributed by atoms with van der Waals surface area (Å²) < 4.78 is 12.8. The fourth-order valence-corrected chi connectivity index (χ4v) is 3.34. The first-order valence-corrected chi connectivity index (χ1v) is 6.55. The molecular weight excluding hydrogens is 235 g/mol. The summed E-state index contributed by atoms with van der Waals surface area (Å²) in [6.45, 7) is 0. The quantitative estimate of drug-likeness (QED) is 0.887. The van der Waals surface area contributed by atoms with Crippen LogP contribution in [0.2, 0.25) is 0 Å². The summed E-state index contributed by atoms with van der Waals surface area (Å²) in [7, 11) is 0. The summed E-state index contributed by atoms with van der Waals surface area (Å²) in [5, 5.41) is 0.946. The topological polar surface area (TPSA) is 38.9 Å². The Hall–Kier alpha value is -1.26. The van der Waals surface area contributed by atoms with Crippen LogP contribution < -0.4 is 5.73 Å². The van der Waals surface area contributed by atoms with Crippen molar-refractivity contribution in [1.29, 1.82) is 0 Å². The normalized spacial score (nSPS) is 15.9. The van der Waals surface area contributed by atoms with E-state index < -0.39 is 0 Å². The zero-order chi connectivity index (χ0) is 11.8. The van der Waals surface area contributed by atoms with Gasteiger partial charge in [-0.1, -0.05) is 12.1 Å². The average molecular weight is 248 g/mol. The number of halogens is 1. The fourth-order valence-electron chi connectivity index (χ4n) is 2.16. The Morgan fingerprint density at radius 3 is 2.71 bits per heavy atom. The molecule has 0 amide bonds. The zero-order valence-corrected chi connectivity index (χ0v) is 10.1. The Morgan fingerprint density at radius 2 is 2.00 bits per heavy atom. The third-order valence-electron chi connectivity index (χ3n) is 3.11. The van der Waals surface area contributed by atoms with Crippen LogP contribution in [0, 0.1) is 5.82 Å². The molecule has 88 valence electrons. The molecule has 0 spiro atoms. The van der Waals surface area contributed by atoms with Crippen LogP contribution >= 0.6 is 11.3 Å². The van der Waals surface area contributed by atoms with E-state index in [2.05, 4.69) is 4.98 Å². The van der Waals surface area contributed by atoms with Gasteiger partial charge in [-0.3, -0.25) is 0 Å². The Labute approximate surface area is 103 Å². The summed E-state index contributed by atoms with van der Waals surface area (Å²) in [5.74, 6) is -0.234. The maximum atomic E-state index is 12.8. The van der Waals surface area contributed by atoms with Gasteiger partial charge in [-0.15, -0.1) is 11.3 Å². The molecule has 1 aliphatic rings. The number of fused-ring (bicyclic) bond motifs is 1. The van der Waals surface area contributed by atoms with Gasteiger partial charge < -0.3 is 5.73 Å². The van der Waals surface area contributed by atoms with Crippen LogP contribution in [-0.4, -0.2) is 4.98 Å². The van der Waals surface area contributed by atoms with Crippen LogP contribution in [0.3, 0.4) is 0 Å². The SMILES string of the molecule is NC(c1ccc(F)cc1)c1nc2c(s1)CCC2. The van der Waals surface area contributed by atoms with Crippen molar-refractivity contribution in [1.82, 2.24) is 4.98 Å². The Kier molecular flexibility index (Phi) is 2.68. The summed E-state index contributed by atoms with van der Waals surface area (Å²) >= 11 is 1.70. The second-order valence-electron chi connectivity index (χ2n) is 4.30. The predicted molar refractivity (Wildman–Crippen MR) is 66.6 cm³/mol. The molecule has 4 heteroatoms. The van der Waals surface area contributed by atoms with Crippen molar-refractivity contribution in [3.05, 3.63) is 51.2 Å². The largest absolute Gasteiger partial charge is 0.318 e. The molecular formula is C13H13FN2S. The summed E-state index contributed by atoms with van der Waals surface area (Å²) in [5.41, 5.74) is 8.28. The van der Waals surface area contributed by atoms with E-state index in [0.717, 1.165) is 23.4 Å². The summed E-state index contributed by atoms with van der Waals surface area (Å²) in [4.78, 5) is 5.96. The van der Waals surface area contributed by atoms with E-state index >= 15 is 0 Å². The molecule has 3 rings (SSSR count). The van der Waals surface area contributed by atoms with Crippen molar-refractivity contribution >= 4 is 11.3 Å². The van der Waals surface area contributed by atoms with E-state index in [1.165, 1.54) is 29.1 Å². The second-order valence-corrected chi connectivity index (χ2v) is 5.42. The average Bonchev–Trinajstić information content (AvgIpc) is 2.89. The molecule has 1 aromatic carbocycles. The summed E-state index contributed by atoms with van der Waals surface area (Å²) in [6, 6.07) is 6.11. The highest BCUT2D eigenvalue weighted by atomic mass is 32.1. The smallest absolute Gasteiger partial charge is 0.123 e. The lowest BCUT2D eigenvalue weighted by Crippen LogP contribution is -2.11. The minimum atomic E-state index is -0.234. The number of hydrogen-bond donors (Lipinski definition) is 1. The molecule has 1 atom stereocenters. The molecule has 1 unspecified atom stereocenters. The van der Waals surface area contributed by atoms with E-state index in [1.54, 1.807) is 23.5 Å². The highest BCUT2D eigenvalue weighted by Gasteiger charge is 2.20. The van der Waals surface area contributed by atoms with Crippen molar-refractivity contribution < 1.29 is 4.39 Å². The number of hydrogen-bond acceptors (Lipinski definition) is 3. The van der Waals surface area contributed by atoms with Crippen LogP contribution in [-0.2, 0) is 12.8 Å². The number of nitrogens with two attached hydrogens (primary N) is 1. The molecule has 0 fully saturated rings. The number of benzene rings is 1.